The van der Waals surface area contributed by atoms with Crippen molar-refractivity contribution >= 4 is 0 Å². The zero-order valence-corrected chi connectivity index (χ0v) is 18.0. The monoisotopic (exact) mass is 414 g/mol. The number of fused-ring (bicyclic) bond motifs is 9. The van der Waals surface area contributed by atoms with E-state index >= 15 is 0 Å². The highest BCUT2D eigenvalue weighted by molar-refractivity contribution is 5.66. The third-order valence-corrected chi connectivity index (χ3v) is 8.70. The molecule has 6 aliphatic rings. The summed E-state index contributed by atoms with van der Waals surface area (Å²) in [5.74, 6) is 2.13. The van der Waals surface area contributed by atoms with Crippen LogP contribution in [-0.2, 0) is 33.5 Å². The van der Waals surface area contributed by atoms with Gasteiger partial charge in [-0.25, -0.2) is 0 Å². The fourth-order valence-corrected chi connectivity index (χ4v) is 6.68. The van der Waals surface area contributed by atoms with Gasteiger partial charge in [0.1, 0.15) is 17.2 Å². The predicted octanol–water partition coefficient (Wildman–Crippen LogP) is 3.75. The van der Waals surface area contributed by atoms with Crippen LogP contribution in [0.15, 0.2) is 0 Å². The summed E-state index contributed by atoms with van der Waals surface area (Å²) in [6.07, 6.45) is 5.80. The molecule has 3 saturated heterocycles. The maximum atomic E-state index is 6.67. The van der Waals surface area contributed by atoms with Crippen LogP contribution in [0.5, 0.6) is 17.2 Å². The highest BCUT2D eigenvalue weighted by Gasteiger charge is 2.55. The van der Waals surface area contributed by atoms with Crippen LogP contribution in [0.4, 0.5) is 0 Å². The normalized spacial score (nSPS) is 45.1. The minimum absolute atomic E-state index is 0.343. The van der Waals surface area contributed by atoms with E-state index in [1.54, 1.807) is 0 Å². The zero-order valence-electron chi connectivity index (χ0n) is 18.0. The lowest BCUT2D eigenvalue weighted by Gasteiger charge is -2.46. The lowest BCUT2D eigenvalue weighted by Crippen LogP contribution is -2.48. The highest BCUT2D eigenvalue weighted by atomic mass is 16.7. The first-order chi connectivity index (χ1) is 14.4. The molecule has 0 bridgehead atoms. The maximum absolute atomic E-state index is 6.67. The van der Waals surface area contributed by atoms with E-state index in [1.807, 2.05) is 0 Å². The molecule has 1 aromatic carbocycles. The molecule has 7 rings (SSSR count). The van der Waals surface area contributed by atoms with Gasteiger partial charge in [0, 0.05) is 55.2 Å². The van der Waals surface area contributed by atoms with Crippen LogP contribution in [-0.4, -0.2) is 37.2 Å². The van der Waals surface area contributed by atoms with E-state index in [-0.39, 0.29) is 0 Å². The zero-order chi connectivity index (χ0) is 20.3. The standard InChI is InChI=1S/C24H30O6/c1-22-13(4-7-25-22)10-16-19(28-22)17-11-14-5-8-26-23(14,2)30-21(17)18-12-15-6-9-27-24(15,3)29-20(16)18/h13-15H,4-12H2,1-3H3/t13-,14-,15+,22+,23+,24-/m1/s1. The van der Waals surface area contributed by atoms with Gasteiger partial charge in [0.05, 0.1) is 19.8 Å². The van der Waals surface area contributed by atoms with Gasteiger partial charge in [-0.05, 0) is 38.5 Å². The molecule has 0 unspecified atom stereocenters. The van der Waals surface area contributed by atoms with Crippen molar-refractivity contribution in [1.29, 1.82) is 0 Å². The second kappa shape index (κ2) is 5.64. The molecule has 6 aliphatic heterocycles. The first-order valence-corrected chi connectivity index (χ1v) is 11.6. The summed E-state index contributed by atoms with van der Waals surface area (Å²) in [6.45, 7) is 8.50. The molecule has 0 N–H and O–H groups in total. The molecule has 162 valence electrons. The van der Waals surface area contributed by atoms with Crippen LogP contribution < -0.4 is 14.2 Å². The van der Waals surface area contributed by atoms with Crippen molar-refractivity contribution in [3.63, 3.8) is 0 Å². The van der Waals surface area contributed by atoms with Gasteiger partial charge < -0.3 is 28.4 Å². The van der Waals surface area contributed by atoms with Crippen molar-refractivity contribution in [2.45, 2.75) is 76.7 Å². The van der Waals surface area contributed by atoms with Gasteiger partial charge in [-0.2, -0.15) is 0 Å². The molecule has 0 aromatic heterocycles. The Bertz CT molecular complexity index is 804. The molecule has 6 atom stereocenters. The van der Waals surface area contributed by atoms with Gasteiger partial charge >= 0.3 is 0 Å². The Balaban J connectivity index is 1.44. The van der Waals surface area contributed by atoms with E-state index in [1.165, 1.54) is 16.7 Å². The second-order valence-corrected chi connectivity index (χ2v) is 10.4. The summed E-state index contributed by atoms with van der Waals surface area (Å²) in [6, 6.07) is 0. The molecule has 0 spiro atoms. The Kier molecular flexibility index (Phi) is 3.41. The molecule has 3 fully saturated rings. The van der Waals surface area contributed by atoms with Crippen LogP contribution in [0, 0.1) is 17.8 Å². The van der Waals surface area contributed by atoms with E-state index < -0.39 is 17.4 Å². The van der Waals surface area contributed by atoms with Crippen LogP contribution in [0.2, 0.25) is 0 Å². The molecular formula is C24H30O6. The molecule has 6 nitrogen and oxygen atoms in total. The minimum atomic E-state index is -0.563. The van der Waals surface area contributed by atoms with E-state index in [2.05, 4.69) is 20.8 Å². The van der Waals surface area contributed by atoms with Gasteiger partial charge in [0.25, 0.3) is 0 Å². The smallest absolute Gasteiger partial charge is 0.210 e. The molecule has 0 aliphatic carbocycles. The van der Waals surface area contributed by atoms with E-state index in [4.69, 9.17) is 28.4 Å². The summed E-state index contributed by atoms with van der Waals surface area (Å²) in [4.78, 5) is 0. The van der Waals surface area contributed by atoms with Gasteiger partial charge in [-0.1, -0.05) is 0 Å². The fourth-order valence-electron chi connectivity index (χ4n) is 6.68. The second-order valence-electron chi connectivity index (χ2n) is 10.4. The lowest BCUT2D eigenvalue weighted by molar-refractivity contribution is -0.181. The van der Waals surface area contributed by atoms with Gasteiger partial charge in [0.15, 0.2) is 0 Å². The third-order valence-electron chi connectivity index (χ3n) is 8.70. The first kappa shape index (κ1) is 18.1. The lowest BCUT2D eigenvalue weighted by atomic mass is 9.78. The minimum Gasteiger partial charge on any atom is -0.461 e. The summed E-state index contributed by atoms with van der Waals surface area (Å²) in [7, 11) is 0. The number of rotatable bonds is 0. The fraction of sp³-hybridized carbons (Fsp3) is 0.750. The molecule has 6 heteroatoms. The topological polar surface area (TPSA) is 55.4 Å². The molecule has 30 heavy (non-hydrogen) atoms. The van der Waals surface area contributed by atoms with E-state index in [0.717, 1.165) is 75.6 Å². The largest absolute Gasteiger partial charge is 0.461 e. The van der Waals surface area contributed by atoms with Crippen LogP contribution in [0.1, 0.15) is 56.7 Å². The van der Waals surface area contributed by atoms with Crippen molar-refractivity contribution in [2.75, 3.05) is 19.8 Å². The van der Waals surface area contributed by atoms with Crippen molar-refractivity contribution in [3.05, 3.63) is 16.7 Å². The van der Waals surface area contributed by atoms with Crippen molar-refractivity contribution in [2.24, 2.45) is 17.8 Å². The Morgan fingerprint density at radius 1 is 0.533 bits per heavy atom. The van der Waals surface area contributed by atoms with E-state index in [9.17, 15) is 0 Å². The summed E-state index contributed by atoms with van der Waals surface area (Å²) in [5, 5.41) is 0. The van der Waals surface area contributed by atoms with Crippen LogP contribution >= 0.6 is 0 Å². The van der Waals surface area contributed by atoms with Gasteiger partial charge in [-0.3, -0.25) is 0 Å². The van der Waals surface area contributed by atoms with Crippen LogP contribution in [0.3, 0.4) is 0 Å². The number of ether oxygens (including phenoxy) is 6. The maximum Gasteiger partial charge on any atom is 0.210 e. The number of hydrogen-bond donors (Lipinski definition) is 0. The van der Waals surface area contributed by atoms with Gasteiger partial charge in [0.2, 0.25) is 17.4 Å². The quantitative estimate of drug-likeness (QED) is 0.645. The SMILES string of the molecule is C[C@@]12OCC[C@@H]1Cc1c(c3c(c4c1O[C@]1(C)OCC[C@@H]1C4)O[C@@]1(C)OCC[C@H]1C3)O2. The molecule has 0 radical (unpaired) electrons. The Hall–Kier alpha value is -1.50. The molecule has 6 heterocycles. The van der Waals surface area contributed by atoms with Gasteiger partial charge in [-0.15, -0.1) is 0 Å². The van der Waals surface area contributed by atoms with Crippen molar-refractivity contribution < 1.29 is 28.4 Å². The third kappa shape index (κ3) is 2.20. The number of benzene rings is 1. The first-order valence-electron chi connectivity index (χ1n) is 11.6. The Labute approximate surface area is 177 Å². The molecule has 0 amide bonds. The highest BCUT2D eigenvalue weighted by Crippen LogP contribution is 2.59. The Morgan fingerprint density at radius 3 is 1.13 bits per heavy atom. The summed E-state index contributed by atoms with van der Waals surface area (Å²) < 4.78 is 38.2. The predicted molar refractivity (Wildman–Crippen MR) is 107 cm³/mol. The average Bonchev–Trinajstić information content (AvgIpc) is 3.38. The Morgan fingerprint density at radius 2 is 0.833 bits per heavy atom. The molecular weight excluding hydrogens is 384 g/mol. The molecule has 0 saturated carbocycles. The number of hydrogen-bond acceptors (Lipinski definition) is 6. The van der Waals surface area contributed by atoms with E-state index in [0.29, 0.717) is 17.8 Å². The average molecular weight is 414 g/mol. The summed E-state index contributed by atoms with van der Waals surface area (Å²) >= 11 is 0. The summed E-state index contributed by atoms with van der Waals surface area (Å²) in [5.41, 5.74) is 3.58. The van der Waals surface area contributed by atoms with Crippen molar-refractivity contribution in [1.82, 2.24) is 0 Å². The molecule has 1 aromatic rings. The van der Waals surface area contributed by atoms with Crippen molar-refractivity contribution in [3.8, 4) is 17.2 Å². The van der Waals surface area contributed by atoms with Crippen LogP contribution in [0.25, 0.3) is 0 Å².